The van der Waals surface area contributed by atoms with Gasteiger partial charge in [0.05, 0.1) is 5.60 Å². The number of halogens is 1. The minimum Gasteiger partial charge on any atom is -0.390 e. The highest BCUT2D eigenvalue weighted by Gasteiger charge is 2.28. The summed E-state index contributed by atoms with van der Waals surface area (Å²) in [6, 6.07) is 6.53. The molecule has 0 atom stereocenters. The summed E-state index contributed by atoms with van der Waals surface area (Å²) in [5.41, 5.74) is 1.95. The Hall–Kier alpha value is -0.770. The van der Waals surface area contributed by atoms with E-state index in [0.717, 1.165) is 37.5 Å². The zero-order chi connectivity index (χ0) is 14.8. The van der Waals surface area contributed by atoms with E-state index in [-0.39, 0.29) is 0 Å². The van der Waals surface area contributed by atoms with E-state index < -0.39 is 5.60 Å². The fourth-order valence-electron chi connectivity index (χ4n) is 2.55. The molecule has 112 valence electrons. The smallest absolute Gasteiger partial charge is 0.0653 e. The van der Waals surface area contributed by atoms with Crippen LogP contribution in [0.1, 0.15) is 39.2 Å². The molecule has 20 heavy (non-hydrogen) atoms. The van der Waals surface area contributed by atoms with Crippen molar-refractivity contribution in [3.63, 3.8) is 0 Å². The van der Waals surface area contributed by atoms with Crippen LogP contribution in [-0.4, -0.2) is 29.8 Å². The lowest BCUT2D eigenvalue weighted by molar-refractivity contribution is 0.0351. The van der Waals surface area contributed by atoms with Crippen LogP contribution in [0, 0.1) is 0 Å². The number of nitrogens with one attached hydrogen (secondary N) is 1. The monoisotopic (exact) mass is 296 g/mol. The van der Waals surface area contributed by atoms with Crippen molar-refractivity contribution >= 4 is 17.3 Å². The van der Waals surface area contributed by atoms with E-state index in [9.17, 15) is 5.11 Å². The Morgan fingerprint density at radius 3 is 2.60 bits per heavy atom. The molecule has 0 bridgehead atoms. The van der Waals surface area contributed by atoms with Gasteiger partial charge in [0.15, 0.2) is 0 Å². The van der Waals surface area contributed by atoms with Crippen LogP contribution < -0.4 is 10.2 Å². The molecule has 0 aliphatic carbocycles. The molecule has 1 heterocycles. The number of piperidine rings is 1. The van der Waals surface area contributed by atoms with Gasteiger partial charge in [-0.05, 0) is 43.5 Å². The Labute approximate surface area is 126 Å². The second-order valence-corrected chi connectivity index (χ2v) is 6.73. The van der Waals surface area contributed by atoms with E-state index in [2.05, 4.69) is 30.1 Å². The van der Waals surface area contributed by atoms with Crippen molar-refractivity contribution in [2.75, 3.05) is 18.0 Å². The Morgan fingerprint density at radius 2 is 2.00 bits per heavy atom. The average Bonchev–Trinajstić information content (AvgIpc) is 2.37. The third-order valence-electron chi connectivity index (χ3n) is 3.92. The third kappa shape index (κ3) is 4.11. The fourth-order valence-corrected chi connectivity index (χ4v) is 2.74. The standard InChI is InChI=1S/C16H25ClN2O/c1-12(2)18-11-13-10-14(17)4-5-15(13)19-8-6-16(3,20)7-9-19/h4-5,10,12,18,20H,6-9,11H2,1-3H3. The third-order valence-corrected chi connectivity index (χ3v) is 4.16. The van der Waals surface area contributed by atoms with Crippen molar-refractivity contribution < 1.29 is 5.11 Å². The second kappa shape index (κ2) is 6.33. The molecule has 0 saturated carbocycles. The van der Waals surface area contributed by atoms with Crippen molar-refractivity contribution in [2.24, 2.45) is 0 Å². The molecule has 1 aromatic carbocycles. The maximum absolute atomic E-state index is 10.1. The van der Waals surface area contributed by atoms with Crippen LogP contribution >= 0.6 is 11.6 Å². The molecule has 2 N–H and O–H groups in total. The van der Waals surface area contributed by atoms with Gasteiger partial charge in [-0.2, -0.15) is 0 Å². The van der Waals surface area contributed by atoms with Gasteiger partial charge in [-0.15, -0.1) is 0 Å². The molecule has 1 aromatic rings. The molecule has 0 unspecified atom stereocenters. The Morgan fingerprint density at radius 1 is 1.35 bits per heavy atom. The summed E-state index contributed by atoms with van der Waals surface area (Å²) in [6.07, 6.45) is 1.62. The number of hydrogen-bond donors (Lipinski definition) is 2. The first kappa shape index (κ1) is 15.6. The van der Waals surface area contributed by atoms with Gasteiger partial charge in [-0.25, -0.2) is 0 Å². The highest BCUT2D eigenvalue weighted by molar-refractivity contribution is 6.30. The minimum atomic E-state index is -0.515. The van der Waals surface area contributed by atoms with Crippen LogP contribution in [0.25, 0.3) is 0 Å². The molecule has 1 aliphatic heterocycles. The van der Waals surface area contributed by atoms with E-state index in [1.165, 1.54) is 11.3 Å². The molecule has 0 spiro atoms. The number of nitrogens with zero attached hydrogens (tertiary/aromatic N) is 1. The van der Waals surface area contributed by atoms with Crippen LogP contribution in [0.3, 0.4) is 0 Å². The van der Waals surface area contributed by atoms with Crippen LogP contribution in [0.5, 0.6) is 0 Å². The Kier molecular flexibility index (Phi) is 4.95. The summed E-state index contributed by atoms with van der Waals surface area (Å²) < 4.78 is 0. The lowest BCUT2D eigenvalue weighted by Gasteiger charge is -2.38. The van der Waals surface area contributed by atoms with E-state index in [1.807, 2.05) is 19.1 Å². The first-order valence-corrected chi connectivity index (χ1v) is 7.74. The molecule has 0 radical (unpaired) electrons. The summed E-state index contributed by atoms with van der Waals surface area (Å²) in [4.78, 5) is 2.35. The molecule has 1 saturated heterocycles. The zero-order valence-corrected chi connectivity index (χ0v) is 13.4. The highest BCUT2D eigenvalue weighted by Crippen LogP contribution is 2.30. The van der Waals surface area contributed by atoms with E-state index >= 15 is 0 Å². The van der Waals surface area contributed by atoms with E-state index in [4.69, 9.17) is 11.6 Å². The fraction of sp³-hybridized carbons (Fsp3) is 0.625. The molecular weight excluding hydrogens is 272 g/mol. The molecule has 3 nitrogen and oxygen atoms in total. The number of anilines is 1. The van der Waals surface area contributed by atoms with Gasteiger partial charge in [-0.1, -0.05) is 25.4 Å². The lowest BCUT2D eigenvalue weighted by atomic mass is 9.93. The number of aliphatic hydroxyl groups is 1. The molecule has 1 fully saturated rings. The number of rotatable bonds is 4. The molecule has 2 rings (SSSR count). The predicted octanol–water partition coefficient (Wildman–Crippen LogP) is 3.19. The summed E-state index contributed by atoms with van der Waals surface area (Å²) in [7, 11) is 0. The van der Waals surface area contributed by atoms with Gasteiger partial charge in [0.1, 0.15) is 0 Å². The molecule has 4 heteroatoms. The van der Waals surface area contributed by atoms with Crippen LogP contribution in [0.4, 0.5) is 5.69 Å². The van der Waals surface area contributed by atoms with Gasteiger partial charge in [0, 0.05) is 36.4 Å². The minimum absolute atomic E-state index is 0.448. The second-order valence-electron chi connectivity index (χ2n) is 6.29. The molecule has 0 amide bonds. The van der Waals surface area contributed by atoms with Gasteiger partial charge in [0.2, 0.25) is 0 Å². The van der Waals surface area contributed by atoms with Crippen molar-refractivity contribution in [1.29, 1.82) is 0 Å². The van der Waals surface area contributed by atoms with E-state index in [0.29, 0.717) is 6.04 Å². The van der Waals surface area contributed by atoms with Gasteiger partial charge in [0.25, 0.3) is 0 Å². The van der Waals surface area contributed by atoms with Crippen molar-refractivity contribution in [3.8, 4) is 0 Å². The Balaban J connectivity index is 2.14. The predicted molar refractivity (Wildman–Crippen MR) is 85.5 cm³/mol. The van der Waals surface area contributed by atoms with Crippen molar-refractivity contribution in [3.05, 3.63) is 28.8 Å². The maximum atomic E-state index is 10.1. The van der Waals surface area contributed by atoms with Gasteiger partial charge < -0.3 is 15.3 Å². The van der Waals surface area contributed by atoms with Crippen LogP contribution in [0.15, 0.2) is 18.2 Å². The summed E-state index contributed by atoms with van der Waals surface area (Å²) in [5.74, 6) is 0. The summed E-state index contributed by atoms with van der Waals surface area (Å²) in [6.45, 7) is 8.81. The Bertz CT molecular complexity index is 450. The van der Waals surface area contributed by atoms with Crippen LogP contribution in [-0.2, 0) is 6.54 Å². The highest BCUT2D eigenvalue weighted by atomic mass is 35.5. The quantitative estimate of drug-likeness (QED) is 0.896. The van der Waals surface area contributed by atoms with E-state index in [1.54, 1.807) is 0 Å². The largest absolute Gasteiger partial charge is 0.390 e. The first-order valence-electron chi connectivity index (χ1n) is 7.36. The number of hydrogen-bond acceptors (Lipinski definition) is 3. The summed E-state index contributed by atoms with van der Waals surface area (Å²) in [5, 5.41) is 14.3. The molecular formula is C16H25ClN2O. The van der Waals surface area contributed by atoms with Gasteiger partial charge in [-0.3, -0.25) is 0 Å². The topological polar surface area (TPSA) is 35.5 Å². The lowest BCUT2D eigenvalue weighted by Crippen LogP contribution is -2.43. The first-order chi connectivity index (χ1) is 9.37. The zero-order valence-electron chi connectivity index (χ0n) is 12.6. The van der Waals surface area contributed by atoms with Crippen molar-refractivity contribution in [2.45, 2.75) is 51.8 Å². The molecule has 0 aromatic heterocycles. The normalized spacial score (nSPS) is 18.6. The van der Waals surface area contributed by atoms with Crippen LogP contribution in [0.2, 0.25) is 5.02 Å². The average molecular weight is 297 g/mol. The number of benzene rings is 1. The van der Waals surface area contributed by atoms with Gasteiger partial charge >= 0.3 is 0 Å². The summed E-state index contributed by atoms with van der Waals surface area (Å²) >= 11 is 6.13. The SMILES string of the molecule is CC(C)NCc1cc(Cl)ccc1N1CCC(C)(O)CC1. The van der Waals surface area contributed by atoms with Crippen molar-refractivity contribution in [1.82, 2.24) is 5.32 Å². The maximum Gasteiger partial charge on any atom is 0.0653 e. The molecule has 1 aliphatic rings.